The number of anilines is 1. The van der Waals surface area contributed by atoms with E-state index in [1.807, 2.05) is 35.9 Å². The molecule has 0 amide bonds. The molecule has 0 saturated carbocycles. The van der Waals surface area contributed by atoms with Crippen molar-refractivity contribution in [1.29, 1.82) is 0 Å². The van der Waals surface area contributed by atoms with Crippen molar-refractivity contribution in [3.05, 3.63) is 48.7 Å². The number of nitrogens with one attached hydrogen (secondary N) is 1. The molecule has 0 bridgehead atoms. The molecule has 0 aliphatic carbocycles. The second-order valence-electron chi connectivity index (χ2n) is 4.50. The molecule has 1 atom stereocenters. The van der Waals surface area contributed by atoms with Crippen molar-refractivity contribution in [3.63, 3.8) is 0 Å². The molecular formula is C14H15N5. The van der Waals surface area contributed by atoms with Gasteiger partial charge in [0.15, 0.2) is 5.82 Å². The quantitative estimate of drug-likeness (QED) is 0.779. The Balaban J connectivity index is 1.93. The highest BCUT2D eigenvalue weighted by Crippen LogP contribution is 2.22. The largest absolute Gasteiger partial charge is 0.360 e. The molecule has 0 aromatic carbocycles. The smallest absolute Gasteiger partial charge is 0.154 e. The first-order valence-electron chi connectivity index (χ1n) is 6.19. The van der Waals surface area contributed by atoms with Gasteiger partial charge in [-0.1, -0.05) is 6.07 Å². The Morgan fingerprint density at radius 2 is 2.00 bits per heavy atom. The summed E-state index contributed by atoms with van der Waals surface area (Å²) in [7, 11) is 1.97. The van der Waals surface area contributed by atoms with Crippen LogP contribution >= 0.6 is 0 Å². The van der Waals surface area contributed by atoms with Crippen molar-refractivity contribution in [2.45, 2.75) is 13.0 Å². The Kier molecular flexibility index (Phi) is 2.87. The average molecular weight is 253 g/mol. The van der Waals surface area contributed by atoms with Crippen LogP contribution in [-0.4, -0.2) is 19.5 Å². The van der Waals surface area contributed by atoms with Crippen LogP contribution in [0, 0.1) is 0 Å². The molecule has 3 heterocycles. The molecule has 0 saturated heterocycles. The van der Waals surface area contributed by atoms with E-state index >= 15 is 0 Å². The van der Waals surface area contributed by atoms with Crippen LogP contribution in [0.4, 0.5) is 5.82 Å². The highest BCUT2D eigenvalue weighted by atomic mass is 15.1. The van der Waals surface area contributed by atoms with Gasteiger partial charge >= 0.3 is 0 Å². The van der Waals surface area contributed by atoms with Crippen molar-refractivity contribution in [1.82, 2.24) is 19.5 Å². The van der Waals surface area contributed by atoms with Gasteiger partial charge in [-0.05, 0) is 25.1 Å². The Hall–Kier alpha value is -2.43. The van der Waals surface area contributed by atoms with Crippen molar-refractivity contribution in [2.75, 3.05) is 5.32 Å². The summed E-state index contributed by atoms with van der Waals surface area (Å²) in [5.74, 6) is 0.788. The van der Waals surface area contributed by atoms with Crippen molar-refractivity contribution < 1.29 is 0 Å². The molecule has 1 N–H and O–H groups in total. The zero-order chi connectivity index (χ0) is 13.2. The molecule has 0 aliphatic rings. The minimum Gasteiger partial charge on any atom is -0.360 e. The van der Waals surface area contributed by atoms with Gasteiger partial charge in [0.05, 0.1) is 23.6 Å². The standard InChI is InChI=1S/C14H15N5/c1-10(11-5-3-4-7-15-11)18-14-13-12(6-8-16-14)19(2)9-17-13/h3-10H,1-2H3,(H,16,18). The van der Waals surface area contributed by atoms with Crippen LogP contribution in [0.2, 0.25) is 0 Å². The lowest BCUT2D eigenvalue weighted by Crippen LogP contribution is -2.09. The maximum Gasteiger partial charge on any atom is 0.154 e. The summed E-state index contributed by atoms with van der Waals surface area (Å²) in [6, 6.07) is 7.93. The maximum atomic E-state index is 4.38. The first-order valence-corrected chi connectivity index (χ1v) is 6.19. The highest BCUT2D eigenvalue weighted by Gasteiger charge is 2.11. The van der Waals surface area contributed by atoms with Gasteiger partial charge in [-0.2, -0.15) is 0 Å². The summed E-state index contributed by atoms with van der Waals surface area (Å²) in [6.45, 7) is 2.06. The normalized spacial score (nSPS) is 12.5. The molecule has 0 aliphatic heterocycles. The van der Waals surface area contributed by atoms with Crippen LogP contribution < -0.4 is 5.32 Å². The molecular weight excluding hydrogens is 238 g/mol. The third-order valence-electron chi connectivity index (χ3n) is 3.13. The SMILES string of the molecule is CC(Nc1nccc2c1ncn2C)c1ccccn1. The molecule has 0 radical (unpaired) electrons. The Morgan fingerprint density at radius 3 is 2.79 bits per heavy atom. The molecule has 3 aromatic heterocycles. The van der Waals surface area contributed by atoms with E-state index < -0.39 is 0 Å². The van der Waals surface area contributed by atoms with E-state index in [2.05, 4.69) is 27.2 Å². The van der Waals surface area contributed by atoms with Gasteiger partial charge < -0.3 is 9.88 Å². The number of imidazole rings is 1. The zero-order valence-corrected chi connectivity index (χ0v) is 10.9. The molecule has 3 aromatic rings. The molecule has 0 fully saturated rings. The van der Waals surface area contributed by atoms with Crippen molar-refractivity contribution in [2.24, 2.45) is 7.05 Å². The predicted octanol–water partition coefficient (Wildman–Crippen LogP) is 2.54. The first kappa shape index (κ1) is 11.6. The van der Waals surface area contributed by atoms with Crippen molar-refractivity contribution >= 4 is 16.9 Å². The summed E-state index contributed by atoms with van der Waals surface area (Å²) in [5, 5.41) is 3.37. The Labute approximate surface area is 111 Å². The van der Waals surface area contributed by atoms with E-state index in [9.17, 15) is 0 Å². The zero-order valence-electron chi connectivity index (χ0n) is 10.9. The Morgan fingerprint density at radius 1 is 1.11 bits per heavy atom. The van der Waals surface area contributed by atoms with E-state index in [1.54, 1.807) is 18.7 Å². The van der Waals surface area contributed by atoms with Gasteiger partial charge in [0.25, 0.3) is 0 Å². The summed E-state index contributed by atoms with van der Waals surface area (Å²) in [4.78, 5) is 13.1. The fourth-order valence-corrected chi connectivity index (χ4v) is 2.08. The van der Waals surface area contributed by atoms with Gasteiger partial charge in [0.2, 0.25) is 0 Å². The number of aryl methyl sites for hydroxylation is 1. The number of rotatable bonds is 3. The lowest BCUT2D eigenvalue weighted by atomic mass is 10.2. The van der Waals surface area contributed by atoms with Crippen LogP contribution in [0.1, 0.15) is 18.7 Å². The molecule has 96 valence electrons. The number of hydrogen-bond donors (Lipinski definition) is 1. The van der Waals surface area contributed by atoms with E-state index in [1.165, 1.54) is 0 Å². The number of nitrogens with zero attached hydrogens (tertiary/aromatic N) is 4. The van der Waals surface area contributed by atoms with Gasteiger partial charge in [0.1, 0.15) is 5.52 Å². The fraction of sp³-hybridized carbons (Fsp3) is 0.214. The summed E-state index contributed by atoms with van der Waals surface area (Å²) in [5.41, 5.74) is 2.93. The van der Waals surface area contributed by atoms with E-state index in [0.29, 0.717) is 0 Å². The minimum absolute atomic E-state index is 0.0845. The fourth-order valence-electron chi connectivity index (χ4n) is 2.08. The minimum atomic E-state index is 0.0845. The van der Waals surface area contributed by atoms with Crippen molar-refractivity contribution in [3.8, 4) is 0 Å². The predicted molar refractivity (Wildman–Crippen MR) is 74.8 cm³/mol. The molecule has 5 nitrogen and oxygen atoms in total. The molecule has 0 spiro atoms. The number of pyridine rings is 2. The van der Waals surface area contributed by atoms with Crippen LogP contribution in [0.3, 0.4) is 0 Å². The highest BCUT2D eigenvalue weighted by molar-refractivity contribution is 5.85. The van der Waals surface area contributed by atoms with E-state index in [4.69, 9.17) is 0 Å². The van der Waals surface area contributed by atoms with Gasteiger partial charge in [0, 0.05) is 19.4 Å². The molecule has 5 heteroatoms. The molecule has 19 heavy (non-hydrogen) atoms. The summed E-state index contributed by atoms with van der Waals surface area (Å²) in [6.07, 6.45) is 5.38. The second-order valence-corrected chi connectivity index (χ2v) is 4.50. The van der Waals surface area contributed by atoms with E-state index in [-0.39, 0.29) is 6.04 Å². The van der Waals surface area contributed by atoms with Gasteiger partial charge in [-0.15, -0.1) is 0 Å². The maximum absolute atomic E-state index is 4.38. The third-order valence-corrected chi connectivity index (χ3v) is 3.13. The van der Waals surface area contributed by atoms with Crippen LogP contribution in [0.5, 0.6) is 0 Å². The van der Waals surface area contributed by atoms with Crippen LogP contribution in [0.25, 0.3) is 11.0 Å². The second kappa shape index (κ2) is 4.68. The van der Waals surface area contributed by atoms with Gasteiger partial charge in [-0.3, -0.25) is 4.98 Å². The number of aromatic nitrogens is 4. The van der Waals surface area contributed by atoms with E-state index in [0.717, 1.165) is 22.5 Å². The lowest BCUT2D eigenvalue weighted by molar-refractivity contribution is 0.833. The first-order chi connectivity index (χ1) is 9.25. The third kappa shape index (κ3) is 2.14. The summed E-state index contributed by atoms with van der Waals surface area (Å²) >= 11 is 0. The number of hydrogen-bond acceptors (Lipinski definition) is 4. The van der Waals surface area contributed by atoms with Crippen LogP contribution in [-0.2, 0) is 7.05 Å². The average Bonchev–Trinajstić information content (AvgIpc) is 2.83. The topological polar surface area (TPSA) is 55.6 Å². The van der Waals surface area contributed by atoms with Gasteiger partial charge in [-0.25, -0.2) is 9.97 Å². The van der Waals surface area contributed by atoms with Crippen LogP contribution in [0.15, 0.2) is 43.0 Å². The summed E-state index contributed by atoms with van der Waals surface area (Å²) < 4.78 is 1.98. The monoisotopic (exact) mass is 253 g/mol. The number of fused-ring (bicyclic) bond motifs is 1. The Bertz CT molecular complexity index is 689. The lowest BCUT2D eigenvalue weighted by Gasteiger charge is -2.14. The molecule has 1 unspecified atom stereocenters. The molecule has 3 rings (SSSR count).